The Hall–Kier alpha value is -3.22. The lowest BCUT2D eigenvalue weighted by Gasteiger charge is -2.04. The van der Waals surface area contributed by atoms with Gasteiger partial charge in [0.15, 0.2) is 0 Å². The van der Waals surface area contributed by atoms with Crippen molar-refractivity contribution in [2.75, 3.05) is 6.54 Å². The second kappa shape index (κ2) is 8.65. The first-order valence-electron chi connectivity index (χ1n) is 9.05. The summed E-state index contributed by atoms with van der Waals surface area (Å²) in [4.78, 5) is 24.4. The topological polar surface area (TPSA) is 88.0 Å². The number of carbonyl (C=O) groups excluding carboxylic acids is 2. The van der Waals surface area contributed by atoms with Crippen LogP contribution in [0, 0.1) is 11.6 Å². The molecule has 2 amide bonds. The van der Waals surface area contributed by atoms with Crippen LogP contribution in [0.5, 0.6) is 0 Å². The second-order valence-electron chi connectivity index (χ2n) is 6.60. The number of hydrogen-bond donors (Lipinski definition) is 3. The van der Waals surface area contributed by atoms with Crippen molar-refractivity contribution in [2.45, 2.75) is 25.7 Å². The maximum absolute atomic E-state index is 13.5. The summed E-state index contributed by atoms with van der Waals surface area (Å²) < 4.78 is 26.6. The molecule has 5 nitrogen and oxygen atoms in total. The molecule has 146 valence electrons. The van der Waals surface area contributed by atoms with Gasteiger partial charge in [-0.3, -0.25) is 9.59 Å². The Balaban J connectivity index is 0.000000320. The maximum Gasteiger partial charge on any atom is 0.220 e. The van der Waals surface area contributed by atoms with Crippen LogP contribution in [0.15, 0.2) is 42.5 Å². The lowest BCUT2D eigenvalue weighted by Crippen LogP contribution is -2.12. The van der Waals surface area contributed by atoms with Crippen molar-refractivity contribution in [3.8, 4) is 11.3 Å². The monoisotopic (exact) mass is 385 g/mol. The van der Waals surface area contributed by atoms with Gasteiger partial charge in [0.05, 0.1) is 0 Å². The fourth-order valence-corrected chi connectivity index (χ4v) is 3.16. The molecule has 1 aliphatic heterocycles. The third-order valence-electron chi connectivity index (χ3n) is 4.53. The quantitative estimate of drug-likeness (QED) is 0.642. The normalized spacial score (nSPS) is 13.1. The molecule has 4 rings (SSSR count). The van der Waals surface area contributed by atoms with Crippen LogP contribution in [-0.2, 0) is 16.0 Å². The van der Waals surface area contributed by atoms with E-state index in [0.29, 0.717) is 11.8 Å². The maximum atomic E-state index is 13.5. The standard InChI is InChI=1S/C17H14F2N2O.C4H7NO/c18-11-3-1-10(2-4-11)17-13(6-8-16(20)22)14-9-12(19)5-7-15(14)21-17;6-4-2-1-3-5-4/h1-5,7,9,21H,6,8H2,(H2,20,22);1-3H2,(H,5,6). The first-order chi connectivity index (χ1) is 13.4. The van der Waals surface area contributed by atoms with Crippen LogP contribution in [0.25, 0.3) is 22.2 Å². The van der Waals surface area contributed by atoms with Crippen LogP contribution in [0.3, 0.4) is 0 Å². The molecule has 3 aromatic rings. The Morgan fingerprint density at radius 2 is 1.79 bits per heavy atom. The lowest BCUT2D eigenvalue weighted by atomic mass is 10.0. The van der Waals surface area contributed by atoms with Crippen LogP contribution in [0.1, 0.15) is 24.8 Å². The van der Waals surface area contributed by atoms with Gasteiger partial charge >= 0.3 is 0 Å². The smallest absolute Gasteiger partial charge is 0.220 e. The molecule has 1 saturated heterocycles. The Morgan fingerprint density at radius 3 is 2.36 bits per heavy atom. The molecular weight excluding hydrogens is 364 g/mol. The minimum Gasteiger partial charge on any atom is -0.370 e. The Bertz CT molecular complexity index is 989. The third kappa shape index (κ3) is 4.73. The van der Waals surface area contributed by atoms with Crippen molar-refractivity contribution in [3.05, 3.63) is 59.7 Å². The molecule has 4 N–H and O–H groups in total. The summed E-state index contributed by atoms with van der Waals surface area (Å²) in [7, 11) is 0. The van der Waals surface area contributed by atoms with E-state index < -0.39 is 5.91 Å². The molecule has 1 fully saturated rings. The SMILES string of the molecule is NC(=O)CCc1c(-c2ccc(F)cc2)[nH]c2ccc(F)cc12.O=C1CCCN1. The van der Waals surface area contributed by atoms with E-state index in [9.17, 15) is 18.4 Å². The Morgan fingerprint density at radius 1 is 1.07 bits per heavy atom. The van der Waals surface area contributed by atoms with Crippen LogP contribution < -0.4 is 11.1 Å². The average Bonchev–Trinajstić information content (AvgIpc) is 3.27. The molecule has 0 unspecified atom stereocenters. The molecule has 0 radical (unpaired) electrons. The molecule has 0 bridgehead atoms. The van der Waals surface area contributed by atoms with Gasteiger partial charge in [0, 0.05) is 36.0 Å². The summed E-state index contributed by atoms with van der Waals surface area (Å²) >= 11 is 0. The highest BCUT2D eigenvalue weighted by atomic mass is 19.1. The number of aryl methyl sites for hydroxylation is 1. The van der Waals surface area contributed by atoms with Gasteiger partial charge in [-0.05, 0) is 66.4 Å². The van der Waals surface area contributed by atoms with Crippen LogP contribution in [-0.4, -0.2) is 23.3 Å². The largest absolute Gasteiger partial charge is 0.370 e. The van der Waals surface area contributed by atoms with Crippen molar-refractivity contribution in [2.24, 2.45) is 5.73 Å². The highest BCUT2D eigenvalue weighted by molar-refractivity contribution is 5.91. The van der Waals surface area contributed by atoms with Crippen LogP contribution in [0.2, 0.25) is 0 Å². The summed E-state index contributed by atoms with van der Waals surface area (Å²) in [5.41, 5.74) is 8.32. The van der Waals surface area contributed by atoms with Gasteiger partial charge in [-0.2, -0.15) is 0 Å². The van der Waals surface area contributed by atoms with E-state index in [1.54, 1.807) is 18.2 Å². The number of aromatic nitrogens is 1. The predicted molar refractivity (Wildman–Crippen MR) is 103 cm³/mol. The van der Waals surface area contributed by atoms with Crippen LogP contribution >= 0.6 is 0 Å². The fraction of sp³-hybridized carbons (Fsp3) is 0.238. The number of carbonyl (C=O) groups is 2. The molecule has 0 saturated carbocycles. The van der Waals surface area contributed by atoms with Crippen molar-refractivity contribution in [1.29, 1.82) is 0 Å². The van der Waals surface area contributed by atoms with Crippen molar-refractivity contribution in [1.82, 2.24) is 10.3 Å². The van der Waals surface area contributed by atoms with Crippen molar-refractivity contribution >= 4 is 22.7 Å². The minimum absolute atomic E-state index is 0.164. The van der Waals surface area contributed by atoms with E-state index in [1.165, 1.54) is 24.3 Å². The number of primary amides is 1. The number of nitrogens with one attached hydrogen (secondary N) is 2. The van der Waals surface area contributed by atoms with Gasteiger partial charge in [-0.15, -0.1) is 0 Å². The molecule has 0 aliphatic carbocycles. The minimum atomic E-state index is -0.421. The molecule has 28 heavy (non-hydrogen) atoms. The van der Waals surface area contributed by atoms with Gasteiger partial charge in [0.2, 0.25) is 11.8 Å². The predicted octanol–water partition coefficient (Wildman–Crippen LogP) is 3.43. The summed E-state index contributed by atoms with van der Waals surface area (Å²) in [6.45, 7) is 0.888. The molecule has 1 aliphatic rings. The zero-order chi connectivity index (χ0) is 20.1. The summed E-state index contributed by atoms with van der Waals surface area (Å²) in [5.74, 6) is -0.895. The number of amides is 2. The van der Waals surface area contributed by atoms with Gasteiger partial charge in [0.1, 0.15) is 11.6 Å². The first kappa shape index (κ1) is 19.5. The van der Waals surface area contributed by atoms with E-state index in [1.807, 2.05) is 0 Å². The van der Waals surface area contributed by atoms with E-state index in [-0.39, 0.29) is 24.0 Å². The molecule has 7 heteroatoms. The van der Waals surface area contributed by atoms with E-state index in [2.05, 4.69) is 10.3 Å². The second-order valence-corrected chi connectivity index (χ2v) is 6.60. The number of benzene rings is 2. The third-order valence-corrected chi connectivity index (χ3v) is 4.53. The molecule has 0 atom stereocenters. The van der Waals surface area contributed by atoms with E-state index in [0.717, 1.165) is 41.7 Å². The number of hydrogen-bond acceptors (Lipinski definition) is 2. The zero-order valence-electron chi connectivity index (χ0n) is 15.2. The number of nitrogens with two attached hydrogens (primary N) is 1. The van der Waals surface area contributed by atoms with Crippen molar-refractivity contribution < 1.29 is 18.4 Å². The summed E-state index contributed by atoms with van der Waals surface area (Å²) in [6.07, 6.45) is 2.32. The molecule has 2 aromatic carbocycles. The van der Waals surface area contributed by atoms with Gasteiger partial charge in [-0.1, -0.05) is 0 Å². The van der Waals surface area contributed by atoms with E-state index >= 15 is 0 Å². The number of rotatable bonds is 4. The number of fused-ring (bicyclic) bond motifs is 1. The fourth-order valence-electron chi connectivity index (χ4n) is 3.16. The van der Waals surface area contributed by atoms with Gasteiger partial charge < -0.3 is 16.0 Å². The highest BCUT2D eigenvalue weighted by Gasteiger charge is 2.14. The summed E-state index contributed by atoms with van der Waals surface area (Å²) in [5, 5.41) is 3.39. The highest BCUT2D eigenvalue weighted by Crippen LogP contribution is 2.32. The Kier molecular flexibility index (Phi) is 6.03. The van der Waals surface area contributed by atoms with Crippen molar-refractivity contribution in [3.63, 3.8) is 0 Å². The molecular formula is C21H21F2N3O2. The van der Waals surface area contributed by atoms with Gasteiger partial charge in [-0.25, -0.2) is 8.78 Å². The van der Waals surface area contributed by atoms with Gasteiger partial charge in [0.25, 0.3) is 0 Å². The number of H-pyrrole nitrogens is 1. The number of halogens is 2. The molecule has 1 aromatic heterocycles. The molecule has 2 heterocycles. The molecule has 0 spiro atoms. The van der Waals surface area contributed by atoms with E-state index in [4.69, 9.17) is 5.73 Å². The van der Waals surface area contributed by atoms with Crippen LogP contribution in [0.4, 0.5) is 8.78 Å². The first-order valence-corrected chi connectivity index (χ1v) is 9.05. The average molecular weight is 385 g/mol. The number of aromatic amines is 1. The Labute approximate surface area is 160 Å². The lowest BCUT2D eigenvalue weighted by molar-refractivity contribution is -0.119. The zero-order valence-corrected chi connectivity index (χ0v) is 15.2. The summed E-state index contributed by atoms with van der Waals surface area (Å²) in [6, 6.07) is 10.4.